The molecule has 2 aromatic rings. The fourth-order valence-corrected chi connectivity index (χ4v) is 2.68. The number of thiophene rings is 1. The number of hydrogen-bond acceptors (Lipinski definition) is 6. The molecule has 6 heteroatoms. The van der Waals surface area contributed by atoms with Crippen molar-refractivity contribution in [2.45, 2.75) is 19.3 Å². The first-order chi connectivity index (χ1) is 8.34. The highest BCUT2D eigenvalue weighted by Gasteiger charge is 2.18. The number of piperidine rings is 1. The Morgan fingerprint density at radius 2 is 2.12 bits per heavy atom. The molecule has 1 fully saturated rings. The van der Waals surface area contributed by atoms with E-state index in [4.69, 9.17) is 10.3 Å². The van der Waals surface area contributed by atoms with Crippen LogP contribution in [-0.2, 0) is 0 Å². The minimum absolute atomic E-state index is 0.518. The third-order valence-electron chi connectivity index (χ3n) is 2.98. The molecule has 0 aromatic carbocycles. The lowest BCUT2D eigenvalue weighted by Gasteiger charge is -2.24. The fraction of sp³-hybridized carbons (Fsp3) is 0.455. The van der Waals surface area contributed by atoms with Gasteiger partial charge >= 0.3 is 0 Å². The van der Waals surface area contributed by atoms with Gasteiger partial charge < -0.3 is 15.2 Å². The topological polar surface area (TPSA) is 68.2 Å². The predicted octanol–water partition coefficient (Wildman–Crippen LogP) is 2.37. The molecule has 3 heterocycles. The van der Waals surface area contributed by atoms with Crippen molar-refractivity contribution in [1.29, 1.82) is 0 Å². The van der Waals surface area contributed by atoms with Crippen LogP contribution in [0.15, 0.2) is 16.0 Å². The molecule has 0 radical (unpaired) electrons. The zero-order valence-electron chi connectivity index (χ0n) is 9.43. The summed E-state index contributed by atoms with van der Waals surface area (Å²) in [5.74, 6) is 1.20. The Balaban J connectivity index is 1.85. The molecule has 1 aliphatic heterocycles. The van der Waals surface area contributed by atoms with E-state index in [1.807, 2.05) is 11.4 Å². The fourth-order valence-electron chi connectivity index (χ4n) is 2.05. The standard InChI is InChI=1S/C11H14N4OS/c12-9-8(4-7-17-9)10-13-11(14-16-10)15-5-2-1-3-6-15/h4,7H,1-3,5-6,12H2. The second-order valence-electron chi connectivity index (χ2n) is 4.15. The summed E-state index contributed by atoms with van der Waals surface area (Å²) in [6, 6.07) is 1.91. The van der Waals surface area contributed by atoms with Gasteiger partial charge in [0.25, 0.3) is 11.8 Å². The Hall–Kier alpha value is -1.56. The smallest absolute Gasteiger partial charge is 0.266 e. The third-order valence-corrected chi connectivity index (χ3v) is 3.73. The van der Waals surface area contributed by atoms with Gasteiger partial charge in [0, 0.05) is 13.1 Å². The van der Waals surface area contributed by atoms with Crippen molar-refractivity contribution in [2.75, 3.05) is 23.7 Å². The number of anilines is 2. The molecule has 1 saturated heterocycles. The van der Waals surface area contributed by atoms with E-state index < -0.39 is 0 Å². The summed E-state index contributed by atoms with van der Waals surface area (Å²) in [5, 5.41) is 6.67. The SMILES string of the molecule is Nc1sccc1-c1nc(N2CCCCC2)no1. The van der Waals surface area contributed by atoms with Gasteiger partial charge in [-0.2, -0.15) is 4.98 Å². The lowest BCUT2D eigenvalue weighted by Crippen LogP contribution is -2.30. The van der Waals surface area contributed by atoms with E-state index in [0.29, 0.717) is 11.8 Å². The molecule has 0 unspecified atom stereocenters. The molecular formula is C11H14N4OS. The highest BCUT2D eigenvalue weighted by Crippen LogP contribution is 2.30. The highest BCUT2D eigenvalue weighted by molar-refractivity contribution is 7.14. The Labute approximate surface area is 103 Å². The molecule has 2 N–H and O–H groups in total. The van der Waals surface area contributed by atoms with E-state index >= 15 is 0 Å². The molecule has 0 amide bonds. The molecule has 17 heavy (non-hydrogen) atoms. The molecule has 0 saturated carbocycles. The third kappa shape index (κ3) is 2.00. The molecule has 0 atom stereocenters. The average molecular weight is 250 g/mol. The zero-order valence-corrected chi connectivity index (χ0v) is 10.2. The number of aromatic nitrogens is 2. The first-order valence-electron chi connectivity index (χ1n) is 5.76. The van der Waals surface area contributed by atoms with Gasteiger partial charge in [-0.3, -0.25) is 0 Å². The van der Waals surface area contributed by atoms with Crippen molar-refractivity contribution in [3.05, 3.63) is 11.4 Å². The summed E-state index contributed by atoms with van der Waals surface area (Å²) in [5.41, 5.74) is 6.68. The summed E-state index contributed by atoms with van der Waals surface area (Å²) in [7, 11) is 0. The molecule has 5 nitrogen and oxygen atoms in total. The van der Waals surface area contributed by atoms with Crippen LogP contribution in [0, 0.1) is 0 Å². The number of hydrogen-bond donors (Lipinski definition) is 1. The van der Waals surface area contributed by atoms with Crippen molar-refractivity contribution in [3.63, 3.8) is 0 Å². The van der Waals surface area contributed by atoms with E-state index in [0.717, 1.165) is 23.7 Å². The normalized spacial score (nSPS) is 16.4. The zero-order chi connectivity index (χ0) is 11.7. The van der Waals surface area contributed by atoms with Crippen molar-refractivity contribution in [2.24, 2.45) is 0 Å². The van der Waals surface area contributed by atoms with E-state index in [2.05, 4.69) is 15.0 Å². The Bertz CT molecular complexity index is 501. The minimum atomic E-state index is 0.518. The second-order valence-corrected chi connectivity index (χ2v) is 5.09. The Morgan fingerprint density at radius 3 is 2.82 bits per heavy atom. The van der Waals surface area contributed by atoms with Crippen LogP contribution in [0.4, 0.5) is 10.9 Å². The maximum atomic E-state index is 5.84. The van der Waals surface area contributed by atoms with Crippen LogP contribution in [-0.4, -0.2) is 23.2 Å². The van der Waals surface area contributed by atoms with Crippen molar-refractivity contribution >= 4 is 22.3 Å². The Kier molecular flexibility index (Phi) is 2.72. The number of nitrogens with zero attached hydrogens (tertiary/aromatic N) is 3. The van der Waals surface area contributed by atoms with Crippen LogP contribution in [0.25, 0.3) is 11.5 Å². The van der Waals surface area contributed by atoms with Crippen LogP contribution in [0.1, 0.15) is 19.3 Å². The summed E-state index contributed by atoms with van der Waals surface area (Å²) in [6.07, 6.45) is 3.69. The van der Waals surface area contributed by atoms with Gasteiger partial charge in [-0.25, -0.2) is 0 Å². The molecule has 2 aromatic heterocycles. The van der Waals surface area contributed by atoms with Crippen LogP contribution in [0.5, 0.6) is 0 Å². The molecule has 0 aliphatic carbocycles. The lowest BCUT2D eigenvalue weighted by atomic mass is 10.1. The molecule has 3 rings (SSSR count). The molecule has 0 bridgehead atoms. The monoisotopic (exact) mass is 250 g/mol. The number of nitrogens with two attached hydrogens (primary N) is 1. The molecular weight excluding hydrogens is 236 g/mol. The average Bonchev–Trinajstić information content (AvgIpc) is 2.98. The van der Waals surface area contributed by atoms with E-state index in [1.165, 1.54) is 30.6 Å². The lowest BCUT2D eigenvalue weighted by molar-refractivity contribution is 0.426. The summed E-state index contributed by atoms with van der Waals surface area (Å²) in [4.78, 5) is 6.58. The van der Waals surface area contributed by atoms with Crippen molar-refractivity contribution < 1.29 is 4.52 Å². The van der Waals surface area contributed by atoms with Gasteiger partial charge in [0.05, 0.1) is 10.6 Å². The maximum absolute atomic E-state index is 5.84. The number of nitrogen functional groups attached to an aromatic ring is 1. The van der Waals surface area contributed by atoms with Crippen LogP contribution in [0.2, 0.25) is 0 Å². The maximum Gasteiger partial charge on any atom is 0.266 e. The molecule has 1 aliphatic rings. The molecule has 90 valence electrons. The van der Waals surface area contributed by atoms with Crippen LogP contribution >= 0.6 is 11.3 Å². The van der Waals surface area contributed by atoms with Gasteiger partial charge in [-0.1, -0.05) is 0 Å². The van der Waals surface area contributed by atoms with Crippen LogP contribution in [0.3, 0.4) is 0 Å². The quantitative estimate of drug-likeness (QED) is 0.886. The Morgan fingerprint density at radius 1 is 1.29 bits per heavy atom. The first-order valence-corrected chi connectivity index (χ1v) is 6.64. The largest absolute Gasteiger partial charge is 0.390 e. The summed E-state index contributed by atoms with van der Waals surface area (Å²) >= 11 is 1.48. The van der Waals surface area contributed by atoms with Gasteiger partial charge in [0.1, 0.15) is 0 Å². The summed E-state index contributed by atoms with van der Waals surface area (Å²) in [6.45, 7) is 2.02. The van der Waals surface area contributed by atoms with Crippen molar-refractivity contribution in [1.82, 2.24) is 10.1 Å². The van der Waals surface area contributed by atoms with E-state index in [9.17, 15) is 0 Å². The van der Waals surface area contributed by atoms with Crippen LogP contribution < -0.4 is 10.6 Å². The summed E-state index contributed by atoms with van der Waals surface area (Å²) < 4.78 is 5.27. The second kappa shape index (κ2) is 4.37. The highest BCUT2D eigenvalue weighted by atomic mass is 32.1. The van der Waals surface area contributed by atoms with Crippen molar-refractivity contribution in [3.8, 4) is 11.5 Å². The first kappa shape index (κ1) is 10.6. The minimum Gasteiger partial charge on any atom is -0.390 e. The molecule has 0 spiro atoms. The van der Waals surface area contributed by atoms with Gasteiger partial charge in [0.2, 0.25) is 0 Å². The van der Waals surface area contributed by atoms with E-state index in [-0.39, 0.29) is 0 Å². The predicted molar refractivity (Wildman–Crippen MR) is 68.1 cm³/mol. The van der Waals surface area contributed by atoms with Gasteiger partial charge in [0.15, 0.2) is 0 Å². The number of rotatable bonds is 2. The van der Waals surface area contributed by atoms with Gasteiger partial charge in [-0.05, 0) is 35.9 Å². The van der Waals surface area contributed by atoms with Gasteiger partial charge in [-0.15, -0.1) is 11.3 Å². The van der Waals surface area contributed by atoms with E-state index in [1.54, 1.807) is 0 Å².